The Labute approximate surface area is 200 Å². The third kappa shape index (κ3) is 5.04. The number of primary amides is 1. The SMILES string of the molecule is CC(C1CC1)N(CC(=O)NCc1cccc(Cl)c1F)C(=O)Cn1nc(C(N)=O)c2ccccc21. The molecule has 34 heavy (non-hydrogen) atoms. The zero-order valence-corrected chi connectivity index (χ0v) is 19.4. The predicted molar refractivity (Wildman–Crippen MR) is 125 cm³/mol. The number of carbonyl (C=O) groups excluding carboxylic acids is 3. The average Bonchev–Trinajstić information content (AvgIpc) is 3.60. The number of nitrogens with zero attached hydrogens (tertiary/aromatic N) is 3. The van der Waals surface area contributed by atoms with Crippen LogP contribution in [-0.4, -0.2) is 45.0 Å². The van der Waals surface area contributed by atoms with E-state index in [4.69, 9.17) is 17.3 Å². The molecule has 4 rings (SSSR count). The van der Waals surface area contributed by atoms with E-state index in [1.807, 2.05) is 6.92 Å². The lowest BCUT2D eigenvalue weighted by atomic mass is 10.1. The van der Waals surface area contributed by atoms with Gasteiger partial charge in [-0.3, -0.25) is 19.1 Å². The maximum atomic E-state index is 14.1. The fourth-order valence-electron chi connectivity index (χ4n) is 4.03. The minimum absolute atomic E-state index is 0.0207. The highest BCUT2D eigenvalue weighted by Gasteiger charge is 2.35. The van der Waals surface area contributed by atoms with Gasteiger partial charge in [-0.05, 0) is 37.8 Å². The zero-order chi connectivity index (χ0) is 24.4. The van der Waals surface area contributed by atoms with Crippen LogP contribution in [-0.2, 0) is 22.7 Å². The van der Waals surface area contributed by atoms with Crippen LogP contribution in [0, 0.1) is 11.7 Å². The van der Waals surface area contributed by atoms with E-state index in [2.05, 4.69) is 10.4 Å². The molecule has 0 bridgehead atoms. The van der Waals surface area contributed by atoms with Gasteiger partial charge in [0, 0.05) is 23.5 Å². The number of fused-ring (bicyclic) bond motifs is 1. The zero-order valence-electron chi connectivity index (χ0n) is 18.6. The van der Waals surface area contributed by atoms with Gasteiger partial charge in [0.25, 0.3) is 5.91 Å². The summed E-state index contributed by atoms with van der Waals surface area (Å²) in [6.45, 7) is 1.54. The second kappa shape index (κ2) is 9.80. The first kappa shape index (κ1) is 23.7. The van der Waals surface area contributed by atoms with Crippen LogP contribution in [0.15, 0.2) is 42.5 Å². The molecule has 1 heterocycles. The lowest BCUT2D eigenvalue weighted by molar-refractivity contribution is -0.139. The summed E-state index contributed by atoms with van der Waals surface area (Å²) in [6, 6.07) is 11.4. The van der Waals surface area contributed by atoms with E-state index in [-0.39, 0.29) is 47.9 Å². The highest BCUT2D eigenvalue weighted by molar-refractivity contribution is 6.30. The predicted octanol–water partition coefficient (Wildman–Crippen LogP) is 2.87. The Bertz CT molecular complexity index is 1260. The summed E-state index contributed by atoms with van der Waals surface area (Å²) in [4.78, 5) is 39.3. The van der Waals surface area contributed by atoms with E-state index in [0.717, 1.165) is 12.8 Å². The number of nitrogens with one attached hydrogen (secondary N) is 1. The fourth-order valence-corrected chi connectivity index (χ4v) is 4.22. The molecule has 1 aliphatic carbocycles. The van der Waals surface area contributed by atoms with E-state index in [9.17, 15) is 18.8 Å². The molecule has 10 heteroatoms. The van der Waals surface area contributed by atoms with Crippen molar-refractivity contribution in [3.05, 3.63) is 64.6 Å². The number of aromatic nitrogens is 2. The second-order valence-electron chi connectivity index (χ2n) is 8.48. The van der Waals surface area contributed by atoms with E-state index >= 15 is 0 Å². The number of halogens is 2. The second-order valence-corrected chi connectivity index (χ2v) is 8.88. The first-order chi connectivity index (χ1) is 16.3. The van der Waals surface area contributed by atoms with Crippen molar-refractivity contribution in [1.29, 1.82) is 0 Å². The lowest BCUT2D eigenvalue weighted by Crippen LogP contribution is -2.47. The van der Waals surface area contributed by atoms with Crippen LogP contribution in [0.25, 0.3) is 10.9 Å². The molecule has 3 aromatic rings. The molecule has 1 saturated carbocycles. The summed E-state index contributed by atoms with van der Waals surface area (Å²) in [7, 11) is 0. The van der Waals surface area contributed by atoms with Crippen LogP contribution in [0.1, 0.15) is 35.8 Å². The smallest absolute Gasteiger partial charge is 0.269 e. The molecule has 1 aliphatic rings. The first-order valence-corrected chi connectivity index (χ1v) is 11.4. The summed E-state index contributed by atoms with van der Waals surface area (Å²) in [5.41, 5.74) is 6.40. The minimum atomic E-state index is -0.682. The van der Waals surface area contributed by atoms with Gasteiger partial charge in [-0.1, -0.05) is 41.9 Å². The number of carbonyl (C=O) groups is 3. The molecule has 3 N–H and O–H groups in total. The van der Waals surface area contributed by atoms with Gasteiger partial charge in [0.05, 0.1) is 17.1 Å². The fraction of sp³-hybridized carbons (Fsp3) is 0.333. The highest BCUT2D eigenvalue weighted by Crippen LogP contribution is 2.35. The molecule has 178 valence electrons. The van der Waals surface area contributed by atoms with E-state index in [0.29, 0.717) is 16.8 Å². The van der Waals surface area contributed by atoms with Crippen LogP contribution in [0.3, 0.4) is 0 Å². The molecule has 1 atom stereocenters. The number of benzene rings is 2. The average molecular weight is 486 g/mol. The molecule has 1 unspecified atom stereocenters. The monoisotopic (exact) mass is 485 g/mol. The van der Waals surface area contributed by atoms with Gasteiger partial charge in [0.15, 0.2) is 5.69 Å². The van der Waals surface area contributed by atoms with Crippen LogP contribution >= 0.6 is 11.6 Å². The van der Waals surface area contributed by atoms with Crippen molar-refractivity contribution in [2.75, 3.05) is 6.54 Å². The molecule has 3 amide bonds. The summed E-state index contributed by atoms with van der Waals surface area (Å²) < 4.78 is 15.6. The maximum Gasteiger partial charge on any atom is 0.269 e. The Hall–Kier alpha value is -3.46. The van der Waals surface area contributed by atoms with E-state index in [1.54, 1.807) is 30.3 Å². The number of para-hydroxylation sites is 1. The third-order valence-corrected chi connectivity index (χ3v) is 6.41. The minimum Gasteiger partial charge on any atom is -0.364 e. The Balaban J connectivity index is 1.49. The summed E-state index contributed by atoms with van der Waals surface area (Å²) >= 11 is 5.80. The van der Waals surface area contributed by atoms with Crippen LogP contribution in [0.2, 0.25) is 5.02 Å². The molecule has 0 aliphatic heterocycles. The summed E-state index contributed by atoms with van der Waals surface area (Å²) in [6.07, 6.45) is 1.97. The molecule has 0 radical (unpaired) electrons. The largest absolute Gasteiger partial charge is 0.364 e. The van der Waals surface area contributed by atoms with Crippen LogP contribution < -0.4 is 11.1 Å². The van der Waals surface area contributed by atoms with Gasteiger partial charge in [-0.2, -0.15) is 5.10 Å². The first-order valence-electron chi connectivity index (χ1n) is 11.0. The Kier molecular flexibility index (Phi) is 6.83. The standard InChI is InChI=1S/C24H25ClFN5O3/c1-14(15-9-10-15)30(12-20(32)28-11-16-5-4-7-18(25)22(16)26)21(33)13-31-19-8-3-2-6-17(19)23(29-31)24(27)34/h2-8,14-15H,9-13H2,1H3,(H2,27,34)(H,28,32). The van der Waals surface area contributed by atoms with Gasteiger partial charge >= 0.3 is 0 Å². The molecule has 0 saturated heterocycles. The maximum absolute atomic E-state index is 14.1. The molecule has 1 aromatic heterocycles. The quantitative estimate of drug-likeness (QED) is 0.485. The van der Waals surface area contributed by atoms with Gasteiger partial charge in [-0.15, -0.1) is 0 Å². The summed E-state index contributed by atoms with van der Waals surface area (Å²) in [5, 5.41) is 7.45. The number of amides is 3. The van der Waals surface area contributed by atoms with Gasteiger partial charge in [0.1, 0.15) is 12.4 Å². The van der Waals surface area contributed by atoms with Crippen molar-refractivity contribution in [2.24, 2.45) is 11.7 Å². The molecule has 1 fully saturated rings. The van der Waals surface area contributed by atoms with Crippen molar-refractivity contribution in [3.8, 4) is 0 Å². The van der Waals surface area contributed by atoms with Gasteiger partial charge < -0.3 is 16.0 Å². The van der Waals surface area contributed by atoms with Gasteiger partial charge in [-0.25, -0.2) is 4.39 Å². The number of hydrogen-bond donors (Lipinski definition) is 2. The normalized spacial score (nSPS) is 14.1. The number of nitrogens with two attached hydrogens (primary N) is 1. The molecular weight excluding hydrogens is 461 g/mol. The van der Waals surface area contributed by atoms with Crippen molar-refractivity contribution >= 4 is 40.2 Å². The van der Waals surface area contributed by atoms with Crippen LogP contribution in [0.4, 0.5) is 4.39 Å². The Morgan fingerprint density at radius 2 is 1.97 bits per heavy atom. The number of hydrogen-bond acceptors (Lipinski definition) is 4. The third-order valence-electron chi connectivity index (χ3n) is 6.11. The van der Waals surface area contributed by atoms with E-state index in [1.165, 1.54) is 21.7 Å². The Morgan fingerprint density at radius 3 is 2.68 bits per heavy atom. The van der Waals surface area contributed by atoms with Crippen molar-refractivity contribution in [3.63, 3.8) is 0 Å². The van der Waals surface area contributed by atoms with Crippen molar-refractivity contribution in [2.45, 2.75) is 38.9 Å². The van der Waals surface area contributed by atoms with Crippen molar-refractivity contribution in [1.82, 2.24) is 20.0 Å². The van der Waals surface area contributed by atoms with Gasteiger partial charge in [0.2, 0.25) is 11.8 Å². The van der Waals surface area contributed by atoms with Crippen LogP contribution in [0.5, 0.6) is 0 Å². The molecule has 0 spiro atoms. The lowest BCUT2D eigenvalue weighted by Gasteiger charge is -2.29. The summed E-state index contributed by atoms with van der Waals surface area (Å²) in [5.74, 6) is -1.67. The molecule has 2 aromatic carbocycles. The Morgan fingerprint density at radius 1 is 1.24 bits per heavy atom. The van der Waals surface area contributed by atoms with Crippen molar-refractivity contribution < 1.29 is 18.8 Å². The topological polar surface area (TPSA) is 110 Å². The highest BCUT2D eigenvalue weighted by atomic mass is 35.5. The van der Waals surface area contributed by atoms with E-state index < -0.39 is 17.6 Å². The molecule has 8 nitrogen and oxygen atoms in total. The molecular formula is C24H25ClFN5O3. The number of rotatable bonds is 9.